The quantitative estimate of drug-likeness (QED) is 0.406. The third-order valence-corrected chi connectivity index (χ3v) is 5.57. The van der Waals surface area contributed by atoms with E-state index >= 15 is 0 Å². The second-order valence-corrected chi connectivity index (χ2v) is 7.14. The molecule has 1 unspecified atom stereocenters. The highest BCUT2D eigenvalue weighted by Gasteiger charge is 2.25. The Balaban J connectivity index is 1.78. The van der Waals surface area contributed by atoms with Crippen molar-refractivity contribution in [3.05, 3.63) is 106 Å². The Morgan fingerprint density at radius 1 is 0.760 bits per heavy atom. The highest BCUT2D eigenvalue weighted by atomic mass is 32.1. The lowest BCUT2D eigenvalue weighted by molar-refractivity contribution is 0.255. The fourth-order valence-corrected chi connectivity index (χ4v) is 4.21. The van der Waals surface area contributed by atoms with Gasteiger partial charge < -0.3 is 4.74 Å². The minimum atomic E-state index is -0.0381. The first-order valence-corrected chi connectivity index (χ1v) is 9.27. The molecule has 2 heteroatoms. The Morgan fingerprint density at radius 3 is 2.44 bits per heavy atom. The van der Waals surface area contributed by atoms with Crippen LogP contribution >= 0.6 is 11.3 Å². The number of benzene rings is 3. The van der Waals surface area contributed by atoms with E-state index in [2.05, 4.69) is 90.3 Å². The van der Waals surface area contributed by atoms with E-state index in [9.17, 15) is 0 Å². The second kappa shape index (κ2) is 5.91. The van der Waals surface area contributed by atoms with Crippen LogP contribution in [0, 0.1) is 0 Å². The van der Waals surface area contributed by atoms with E-state index in [4.69, 9.17) is 4.74 Å². The van der Waals surface area contributed by atoms with Crippen molar-refractivity contribution in [3.63, 3.8) is 0 Å². The van der Waals surface area contributed by atoms with Gasteiger partial charge in [0.25, 0.3) is 0 Å². The first kappa shape index (κ1) is 14.5. The van der Waals surface area contributed by atoms with Crippen molar-refractivity contribution in [2.24, 2.45) is 0 Å². The van der Waals surface area contributed by atoms with Crippen LogP contribution in [0.2, 0.25) is 0 Å². The average molecular weight is 340 g/mol. The summed E-state index contributed by atoms with van der Waals surface area (Å²) < 4.78 is 6.37. The molecule has 0 radical (unpaired) electrons. The summed E-state index contributed by atoms with van der Waals surface area (Å²) in [6.07, 6.45) is 2.22. The standard InChI is InChI=1S/C23H16OS/c1-2-7-16(8-3-1)19-15-21(22-11-6-14-25-22)24-20-13-12-17-9-4-5-10-18(17)23(19)20/h1-15,21H. The van der Waals surface area contributed by atoms with Gasteiger partial charge in [0.1, 0.15) is 5.75 Å². The maximum absolute atomic E-state index is 6.37. The molecule has 0 fully saturated rings. The maximum atomic E-state index is 6.37. The Kier molecular flexibility index (Phi) is 3.43. The summed E-state index contributed by atoms with van der Waals surface area (Å²) in [4.78, 5) is 1.23. The van der Waals surface area contributed by atoms with Crippen molar-refractivity contribution in [1.29, 1.82) is 0 Å². The molecule has 1 aromatic heterocycles. The zero-order chi connectivity index (χ0) is 16.6. The first-order valence-electron chi connectivity index (χ1n) is 8.39. The van der Waals surface area contributed by atoms with Crippen LogP contribution in [0.25, 0.3) is 16.3 Å². The lowest BCUT2D eigenvalue weighted by Gasteiger charge is -2.26. The predicted molar refractivity (Wildman–Crippen MR) is 105 cm³/mol. The molecule has 0 aliphatic carbocycles. The lowest BCUT2D eigenvalue weighted by atomic mass is 9.89. The minimum absolute atomic E-state index is 0.0381. The minimum Gasteiger partial charge on any atom is -0.480 e. The van der Waals surface area contributed by atoms with Gasteiger partial charge in [-0.05, 0) is 45.5 Å². The number of hydrogen-bond acceptors (Lipinski definition) is 2. The van der Waals surface area contributed by atoms with Gasteiger partial charge in [-0.3, -0.25) is 0 Å². The zero-order valence-electron chi connectivity index (χ0n) is 13.6. The average Bonchev–Trinajstić information content (AvgIpc) is 3.22. The van der Waals surface area contributed by atoms with Crippen molar-refractivity contribution in [2.45, 2.75) is 6.10 Å². The number of ether oxygens (including phenoxy) is 1. The largest absolute Gasteiger partial charge is 0.480 e. The van der Waals surface area contributed by atoms with Gasteiger partial charge in [-0.2, -0.15) is 0 Å². The highest BCUT2D eigenvalue weighted by Crippen LogP contribution is 2.44. The van der Waals surface area contributed by atoms with E-state index in [-0.39, 0.29) is 6.10 Å². The molecule has 1 aliphatic heterocycles. The molecule has 1 nitrogen and oxygen atoms in total. The van der Waals surface area contributed by atoms with Crippen molar-refractivity contribution in [1.82, 2.24) is 0 Å². The number of thiophene rings is 1. The lowest BCUT2D eigenvalue weighted by Crippen LogP contribution is -2.11. The van der Waals surface area contributed by atoms with Gasteiger partial charge in [-0.25, -0.2) is 0 Å². The summed E-state index contributed by atoms with van der Waals surface area (Å²) in [6.45, 7) is 0. The molecule has 120 valence electrons. The van der Waals surface area contributed by atoms with Crippen LogP contribution < -0.4 is 4.74 Å². The third-order valence-electron chi connectivity index (χ3n) is 4.64. The topological polar surface area (TPSA) is 9.23 Å². The van der Waals surface area contributed by atoms with Gasteiger partial charge in [-0.15, -0.1) is 11.3 Å². The number of fused-ring (bicyclic) bond motifs is 3. The van der Waals surface area contributed by atoms with Crippen LogP contribution in [0.15, 0.2) is 90.3 Å². The fourth-order valence-electron chi connectivity index (χ4n) is 3.48. The van der Waals surface area contributed by atoms with E-state index < -0.39 is 0 Å². The first-order chi connectivity index (χ1) is 12.4. The SMILES string of the molecule is C1=C(c2ccccc2)c2c(ccc3ccccc23)OC1c1cccs1. The molecule has 0 bridgehead atoms. The van der Waals surface area contributed by atoms with Gasteiger partial charge in [0.15, 0.2) is 6.10 Å². The molecule has 1 aliphatic rings. The Labute approximate surface area is 150 Å². The van der Waals surface area contributed by atoms with Crippen molar-refractivity contribution in [3.8, 4) is 5.75 Å². The predicted octanol–water partition coefficient (Wildman–Crippen LogP) is 6.47. The molecule has 1 atom stereocenters. The number of rotatable bonds is 2. The Hall–Kier alpha value is -2.84. The van der Waals surface area contributed by atoms with Crippen LogP contribution in [-0.2, 0) is 0 Å². The molecule has 5 rings (SSSR count). The van der Waals surface area contributed by atoms with Gasteiger partial charge in [-0.1, -0.05) is 66.7 Å². The molecule has 0 saturated heterocycles. The van der Waals surface area contributed by atoms with E-state index in [1.54, 1.807) is 11.3 Å². The molecule has 0 saturated carbocycles. The maximum Gasteiger partial charge on any atom is 0.152 e. The molecule has 3 aromatic carbocycles. The van der Waals surface area contributed by atoms with E-state index in [0.29, 0.717) is 0 Å². The van der Waals surface area contributed by atoms with Crippen molar-refractivity contribution >= 4 is 27.7 Å². The molecule has 4 aromatic rings. The third kappa shape index (κ3) is 2.46. The normalized spacial score (nSPS) is 16.2. The van der Waals surface area contributed by atoms with E-state index in [0.717, 1.165) is 5.75 Å². The van der Waals surface area contributed by atoms with Crippen LogP contribution in [0.3, 0.4) is 0 Å². The second-order valence-electron chi connectivity index (χ2n) is 6.16. The summed E-state index contributed by atoms with van der Waals surface area (Å²) in [7, 11) is 0. The van der Waals surface area contributed by atoms with Crippen LogP contribution in [-0.4, -0.2) is 0 Å². The molecule has 0 amide bonds. The summed E-state index contributed by atoms with van der Waals surface area (Å²) in [5.74, 6) is 0.957. The highest BCUT2D eigenvalue weighted by molar-refractivity contribution is 7.10. The molecule has 2 heterocycles. The molecular weight excluding hydrogens is 324 g/mol. The Bertz CT molecular complexity index is 1060. The van der Waals surface area contributed by atoms with Gasteiger partial charge in [0, 0.05) is 10.4 Å². The summed E-state index contributed by atoms with van der Waals surface area (Å²) in [5.41, 5.74) is 3.67. The van der Waals surface area contributed by atoms with Crippen LogP contribution in [0.1, 0.15) is 22.1 Å². The smallest absolute Gasteiger partial charge is 0.152 e. The van der Waals surface area contributed by atoms with Gasteiger partial charge in [0.05, 0.1) is 0 Å². The molecule has 0 spiro atoms. The molecule has 25 heavy (non-hydrogen) atoms. The summed E-state index contributed by atoms with van der Waals surface area (Å²) in [6, 6.07) is 27.6. The van der Waals surface area contributed by atoms with E-state index in [1.807, 2.05) is 0 Å². The number of hydrogen-bond donors (Lipinski definition) is 0. The van der Waals surface area contributed by atoms with Gasteiger partial charge >= 0.3 is 0 Å². The fraction of sp³-hybridized carbons (Fsp3) is 0.0435. The van der Waals surface area contributed by atoms with Crippen LogP contribution in [0.5, 0.6) is 5.75 Å². The molecular formula is C23H16OS. The van der Waals surface area contributed by atoms with Crippen LogP contribution in [0.4, 0.5) is 0 Å². The molecule has 0 N–H and O–H groups in total. The zero-order valence-corrected chi connectivity index (χ0v) is 14.4. The summed E-state index contributed by atoms with van der Waals surface area (Å²) >= 11 is 1.74. The summed E-state index contributed by atoms with van der Waals surface area (Å²) in [5, 5.41) is 4.57. The van der Waals surface area contributed by atoms with Crippen molar-refractivity contribution in [2.75, 3.05) is 0 Å². The van der Waals surface area contributed by atoms with Gasteiger partial charge in [0.2, 0.25) is 0 Å². The Morgan fingerprint density at radius 2 is 1.60 bits per heavy atom. The van der Waals surface area contributed by atoms with E-state index in [1.165, 1.54) is 32.3 Å². The monoisotopic (exact) mass is 340 g/mol. The van der Waals surface area contributed by atoms with Crippen molar-refractivity contribution < 1.29 is 4.74 Å².